The van der Waals surface area contributed by atoms with Crippen molar-refractivity contribution in [1.29, 1.82) is 0 Å². The third-order valence-electron chi connectivity index (χ3n) is 3.23. The summed E-state index contributed by atoms with van der Waals surface area (Å²) in [5, 5.41) is 0. The number of carbonyl (C=O) groups excluding carboxylic acids is 1. The minimum absolute atomic E-state index is 0.0549. The van der Waals surface area contributed by atoms with E-state index in [-0.39, 0.29) is 12.3 Å². The minimum Gasteiger partial charge on any atom is -0.315 e. The Bertz CT molecular complexity index is 804. The highest BCUT2D eigenvalue weighted by atomic mass is 79.9. The van der Waals surface area contributed by atoms with Crippen LogP contribution in [-0.4, -0.2) is 27.6 Å². The number of nitrogens with one attached hydrogen (secondary N) is 1. The van der Waals surface area contributed by atoms with Gasteiger partial charge in [-0.1, -0.05) is 34.1 Å². The summed E-state index contributed by atoms with van der Waals surface area (Å²) in [7, 11) is -1.62. The number of amides is 1. The Hall–Kier alpha value is -1.86. The van der Waals surface area contributed by atoms with Gasteiger partial charge >= 0.3 is 0 Å². The molecule has 1 amide bonds. The summed E-state index contributed by atoms with van der Waals surface area (Å²) in [6.45, 7) is 0. The van der Waals surface area contributed by atoms with Crippen LogP contribution in [0.1, 0.15) is 5.56 Å². The fraction of sp³-hybridized carbons (Fsp3) is 0.188. The van der Waals surface area contributed by atoms with Crippen molar-refractivity contribution in [3.63, 3.8) is 0 Å². The quantitative estimate of drug-likeness (QED) is 0.844. The van der Waals surface area contributed by atoms with E-state index < -0.39 is 10.0 Å². The maximum atomic E-state index is 12.4. The zero-order valence-corrected chi connectivity index (χ0v) is 15.2. The third-order valence-corrected chi connectivity index (χ3v) is 4.61. The molecule has 0 saturated heterocycles. The monoisotopic (exact) mass is 396 g/mol. The fourth-order valence-corrected chi connectivity index (χ4v) is 3.02. The molecule has 2 aromatic carbocycles. The van der Waals surface area contributed by atoms with E-state index >= 15 is 0 Å². The second-order valence-corrected chi connectivity index (χ2v) is 7.74. The largest absolute Gasteiger partial charge is 0.315 e. The molecule has 0 spiro atoms. The number of rotatable bonds is 5. The SMILES string of the molecule is CN(C(=O)Cc1ccccc1Br)c1ccc(NS(C)(=O)=O)cc1. The highest BCUT2D eigenvalue weighted by Gasteiger charge is 2.13. The van der Waals surface area contributed by atoms with E-state index in [4.69, 9.17) is 0 Å². The first-order valence-corrected chi connectivity index (χ1v) is 9.52. The molecule has 7 heteroatoms. The Morgan fingerprint density at radius 3 is 2.30 bits per heavy atom. The molecule has 23 heavy (non-hydrogen) atoms. The number of carbonyl (C=O) groups is 1. The maximum Gasteiger partial charge on any atom is 0.231 e. The number of benzene rings is 2. The van der Waals surface area contributed by atoms with Gasteiger partial charge in [-0.15, -0.1) is 0 Å². The van der Waals surface area contributed by atoms with Crippen LogP contribution in [0, 0.1) is 0 Å². The second-order valence-electron chi connectivity index (χ2n) is 5.14. The van der Waals surface area contributed by atoms with E-state index in [0.29, 0.717) is 11.4 Å². The highest BCUT2D eigenvalue weighted by molar-refractivity contribution is 9.10. The van der Waals surface area contributed by atoms with Gasteiger partial charge in [-0.25, -0.2) is 8.42 Å². The van der Waals surface area contributed by atoms with Gasteiger partial charge in [-0.3, -0.25) is 9.52 Å². The molecule has 0 aliphatic rings. The molecule has 122 valence electrons. The lowest BCUT2D eigenvalue weighted by molar-refractivity contribution is -0.117. The third kappa shape index (κ3) is 5.07. The van der Waals surface area contributed by atoms with Gasteiger partial charge in [0.1, 0.15) is 0 Å². The van der Waals surface area contributed by atoms with Crippen LogP contribution < -0.4 is 9.62 Å². The average Bonchev–Trinajstić information content (AvgIpc) is 2.48. The van der Waals surface area contributed by atoms with Gasteiger partial charge in [-0.2, -0.15) is 0 Å². The van der Waals surface area contributed by atoms with E-state index in [0.717, 1.165) is 16.3 Å². The van der Waals surface area contributed by atoms with Crippen molar-refractivity contribution in [3.8, 4) is 0 Å². The molecule has 0 unspecified atom stereocenters. The molecule has 0 aliphatic carbocycles. The first-order valence-electron chi connectivity index (χ1n) is 6.84. The molecular weight excluding hydrogens is 380 g/mol. The minimum atomic E-state index is -3.31. The molecule has 1 N–H and O–H groups in total. The van der Waals surface area contributed by atoms with Crippen molar-refractivity contribution in [2.24, 2.45) is 0 Å². The van der Waals surface area contributed by atoms with Crippen molar-refractivity contribution in [2.75, 3.05) is 22.9 Å². The molecule has 0 fully saturated rings. The van der Waals surface area contributed by atoms with Crippen LogP contribution >= 0.6 is 15.9 Å². The van der Waals surface area contributed by atoms with Crippen molar-refractivity contribution >= 4 is 43.2 Å². The average molecular weight is 397 g/mol. The fourth-order valence-electron chi connectivity index (χ4n) is 2.03. The molecule has 0 aromatic heterocycles. The smallest absolute Gasteiger partial charge is 0.231 e. The summed E-state index contributed by atoms with van der Waals surface area (Å²) in [5.74, 6) is -0.0549. The lowest BCUT2D eigenvalue weighted by Gasteiger charge is -2.18. The summed E-state index contributed by atoms with van der Waals surface area (Å²) < 4.78 is 25.6. The number of halogens is 1. The first kappa shape index (κ1) is 17.5. The number of likely N-dealkylation sites (N-methyl/N-ethyl adjacent to an activating group) is 1. The van der Waals surface area contributed by atoms with E-state index in [1.54, 1.807) is 36.2 Å². The van der Waals surface area contributed by atoms with Gasteiger partial charge in [0.15, 0.2) is 0 Å². The molecule has 0 atom stereocenters. The Balaban J connectivity index is 2.09. The second kappa shape index (κ2) is 7.14. The lowest BCUT2D eigenvalue weighted by Crippen LogP contribution is -2.27. The van der Waals surface area contributed by atoms with E-state index in [1.807, 2.05) is 24.3 Å². The zero-order valence-electron chi connectivity index (χ0n) is 12.8. The highest BCUT2D eigenvalue weighted by Crippen LogP contribution is 2.21. The van der Waals surface area contributed by atoms with Crippen LogP contribution in [0.25, 0.3) is 0 Å². The van der Waals surface area contributed by atoms with E-state index in [1.165, 1.54) is 0 Å². The summed E-state index contributed by atoms with van der Waals surface area (Å²) >= 11 is 3.43. The van der Waals surface area contributed by atoms with Crippen molar-refractivity contribution in [3.05, 3.63) is 58.6 Å². The van der Waals surface area contributed by atoms with E-state index in [2.05, 4.69) is 20.7 Å². The topological polar surface area (TPSA) is 66.5 Å². The van der Waals surface area contributed by atoms with Gasteiger partial charge in [0, 0.05) is 22.9 Å². The van der Waals surface area contributed by atoms with Crippen molar-refractivity contribution in [1.82, 2.24) is 0 Å². The predicted octanol–water partition coefficient (Wildman–Crippen LogP) is 3.03. The molecule has 0 saturated carbocycles. The Morgan fingerprint density at radius 2 is 1.74 bits per heavy atom. The Labute approximate surface area is 144 Å². The first-order chi connectivity index (χ1) is 10.8. The number of nitrogens with zero attached hydrogens (tertiary/aromatic N) is 1. The molecule has 0 bridgehead atoms. The van der Waals surface area contributed by atoms with Gasteiger partial charge in [-0.05, 0) is 35.9 Å². The number of sulfonamides is 1. The Morgan fingerprint density at radius 1 is 1.13 bits per heavy atom. The van der Waals surface area contributed by atoms with E-state index in [9.17, 15) is 13.2 Å². The molecular formula is C16H17BrN2O3S. The number of hydrogen-bond acceptors (Lipinski definition) is 3. The maximum absolute atomic E-state index is 12.4. The van der Waals surface area contributed by atoms with Crippen LogP contribution in [0.4, 0.5) is 11.4 Å². The molecule has 0 aliphatic heterocycles. The number of anilines is 2. The lowest BCUT2D eigenvalue weighted by atomic mass is 10.1. The summed E-state index contributed by atoms with van der Waals surface area (Å²) in [6, 6.07) is 14.2. The van der Waals surface area contributed by atoms with Crippen LogP contribution in [0.2, 0.25) is 0 Å². The Kier molecular flexibility index (Phi) is 5.43. The normalized spacial score (nSPS) is 11.1. The van der Waals surface area contributed by atoms with Crippen molar-refractivity contribution in [2.45, 2.75) is 6.42 Å². The summed E-state index contributed by atoms with van der Waals surface area (Å²) in [5.41, 5.74) is 2.07. The molecule has 2 rings (SSSR count). The molecule has 5 nitrogen and oxygen atoms in total. The van der Waals surface area contributed by atoms with Gasteiger partial charge in [0.25, 0.3) is 0 Å². The predicted molar refractivity (Wildman–Crippen MR) is 96.2 cm³/mol. The number of hydrogen-bond donors (Lipinski definition) is 1. The molecule has 0 heterocycles. The van der Waals surface area contributed by atoms with Crippen LogP contribution in [0.5, 0.6) is 0 Å². The van der Waals surface area contributed by atoms with Gasteiger partial charge in [0.2, 0.25) is 15.9 Å². The van der Waals surface area contributed by atoms with Gasteiger partial charge in [0.05, 0.1) is 12.7 Å². The van der Waals surface area contributed by atoms with Crippen LogP contribution in [0.15, 0.2) is 53.0 Å². The van der Waals surface area contributed by atoms with Gasteiger partial charge < -0.3 is 4.90 Å². The van der Waals surface area contributed by atoms with Crippen LogP contribution in [0.3, 0.4) is 0 Å². The van der Waals surface area contributed by atoms with Crippen molar-refractivity contribution < 1.29 is 13.2 Å². The molecule has 2 aromatic rings. The molecule has 0 radical (unpaired) electrons. The summed E-state index contributed by atoms with van der Waals surface area (Å²) in [6.07, 6.45) is 1.37. The van der Waals surface area contributed by atoms with Crippen LogP contribution in [-0.2, 0) is 21.2 Å². The summed E-state index contributed by atoms with van der Waals surface area (Å²) in [4.78, 5) is 13.9. The standard InChI is InChI=1S/C16H17BrN2O3S/c1-19(16(20)11-12-5-3-4-6-15(12)17)14-9-7-13(8-10-14)18-23(2,21)22/h3-10,18H,11H2,1-2H3. The zero-order chi connectivity index (χ0) is 17.0.